The van der Waals surface area contributed by atoms with Crippen molar-refractivity contribution in [2.45, 2.75) is 26.9 Å². The molecule has 0 saturated carbocycles. The second-order valence-corrected chi connectivity index (χ2v) is 5.33. The number of hydrogen-bond acceptors (Lipinski definition) is 4. The number of esters is 1. The summed E-state index contributed by atoms with van der Waals surface area (Å²) >= 11 is 0. The summed E-state index contributed by atoms with van der Waals surface area (Å²) in [7, 11) is 0. The smallest absolute Gasteiger partial charge is 0.340 e. The summed E-state index contributed by atoms with van der Waals surface area (Å²) in [6.07, 6.45) is -0.706. The highest BCUT2D eigenvalue weighted by molar-refractivity contribution is 6.02. The summed E-state index contributed by atoms with van der Waals surface area (Å²) in [6.45, 7) is 5.61. The Kier molecular flexibility index (Phi) is 5.95. The molecule has 5 nitrogen and oxygen atoms in total. The van der Waals surface area contributed by atoms with Gasteiger partial charge in [0, 0.05) is 0 Å². The van der Waals surface area contributed by atoms with Crippen LogP contribution in [0.25, 0.3) is 0 Å². The molecule has 5 heteroatoms. The number of carbonyl (C=O) groups is 2. The van der Waals surface area contributed by atoms with Gasteiger partial charge in [0.15, 0.2) is 6.10 Å². The zero-order valence-electron chi connectivity index (χ0n) is 14.0. The molecule has 2 rings (SSSR count). The van der Waals surface area contributed by atoms with Gasteiger partial charge in [0.25, 0.3) is 5.91 Å². The summed E-state index contributed by atoms with van der Waals surface area (Å²) in [4.78, 5) is 24.3. The molecule has 2 aromatic carbocycles. The number of hydrogen-bond donors (Lipinski definition) is 1. The topological polar surface area (TPSA) is 64.6 Å². The van der Waals surface area contributed by atoms with Crippen molar-refractivity contribution in [2.75, 3.05) is 11.9 Å². The first-order valence-electron chi connectivity index (χ1n) is 7.81. The molecule has 0 bridgehead atoms. The van der Waals surface area contributed by atoms with Crippen molar-refractivity contribution in [1.29, 1.82) is 0 Å². The quantitative estimate of drug-likeness (QED) is 0.824. The Hall–Kier alpha value is -2.82. The highest BCUT2D eigenvalue weighted by atomic mass is 16.5. The fraction of sp³-hybridized carbons (Fsp3) is 0.263. The van der Waals surface area contributed by atoms with E-state index >= 15 is 0 Å². The van der Waals surface area contributed by atoms with Crippen molar-refractivity contribution < 1.29 is 19.1 Å². The lowest BCUT2D eigenvalue weighted by molar-refractivity contribution is -0.122. The third kappa shape index (κ3) is 4.59. The fourth-order valence-electron chi connectivity index (χ4n) is 2.16. The molecule has 0 saturated heterocycles. The van der Waals surface area contributed by atoms with Crippen LogP contribution in [0.15, 0.2) is 48.5 Å². The first-order valence-corrected chi connectivity index (χ1v) is 7.81. The number of para-hydroxylation sites is 1. The lowest BCUT2D eigenvalue weighted by atomic mass is 10.1. The highest BCUT2D eigenvalue weighted by Crippen LogP contribution is 2.18. The molecule has 24 heavy (non-hydrogen) atoms. The Labute approximate surface area is 141 Å². The third-order valence-electron chi connectivity index (χ3n) is 3.35. The molecular formula is C19H21NO4. The van der Waals surface area contributed by atoms with Crippen molar-refractivity contribution in [1.82, 2.24) is 0 Å². The van der Waals surface area contributed by atoms with E-state index in [1.54, 1.807) is 44.2 Å². The zero-order valence-corrected chi connectivity index (χ0v) is 14.0. The van der Waals surface area contributed by atoms with Gasteiger partial charge in [0.05, 0.1) is 17.9 Å². The van der Waals surface area contributed by atoms with Crippen molar-refractivity contribution >= 4 is 17.6 Å². The van der Waals surface area contributed by atoms with Gasteiger partial charge in [-0.05, 0) is 50.6 Å². The van der Waals surface area contributed by atoms with Crippen LogP contribution in [0.4, 0.5) is 5.69 Å². The van der Waals surface area contributed by atoms with E-state index in [1.165, 1.54) is 0 Å². The summed E-state index contributed by atoms with van der Waals surface area (Å²) in [6, 6.07) is 14.2. The summed E-state index contributed by atoms with van der Waals surface area (Å²) in [5.74, 6) is -0.190. The van der Waals surface area contributed by atoms with Crippen LogP contribution in [0.1, 0.15) is 29.8 Å². The molecule has 0 aliphatic rings. The van der Waals surface area contributed by atoms with Crippen molar-refractivity contribution in [2.24, 2.45) is 0 Å². The molecule has 2 aromatic rings. The van der Waals surface area contributed by atoms with E-state index in [-0.39, 0.29) is 12.5 Å². The van der Waals surface area contributed by atoms with Crippen LogP contribution < -0.4 is 10.1 Å². The van der Waals surface area contributed by atoms with Crippen LogP contribution >= 0.6 is 0 Å². The van der Waals surface area contributed by atoms with Crippen LogP contribution in [0.5, 0.6) is 5.75 Å². The van der Waals surface area contributed by atoms with Gasteiger partial charge in [-0.3, -0.25) is 4.79 Å². The van der Waals surface area contributed by atoms with Crippen LogP contribution in [0.3, 0.4) is 0 Å². The first-order chi connectivity index (χ1) is 11.5. The molecule has 0 aliphatic heterocycles. The number of amides is 1. The summed E-state index contributed by atoms with van der Waals surface area (Å²) < 4.78 is 10.6. The minimum absolute atomic E-state index is 0.272. The zero-order chi connectivity index (χ0) is 17.5. The van der Waals surface area contributed by atoms with E-state index in [0.29, 0.717) is 17.0 Å². The number of ether oxygens (including phenoxy) is 2. The summed E-state index contributed by atoms with van der Waals surface area (Å²) in [5, 5.41) is 2.72. The van der Waals surface area contributed by atoms with E-state index in [2.05, 4.69) is 5.32 Å². The fourth-order valence-corrected chi connectivity index (χ4v) is 2.16. The lowest BCUT2D eigenvalue weighted by Gasteiger charge is -2.16. The molecule has 0 radical (unpaired) electrons. The number of rotatable bonds is 6. The molecule has 1 atom stereocenters. The average Bonchev–Trinajstić information content (AvgIpc) is 2.55. The standard InChI is InChI=1S/C19H21NO4/c1-4-23-19(22)16-10-5-6-11-17(16)20-18(21)14(3)24-15-9-7-8-13(2)12-15/h5-12,14H,4H2,1-3H3,(H,20,21)/t14-/m1/s1. The normalized spacial score (nSPS) is 11.5. The molecule has 126 valence electrons. The average molecular weight is 327 g/mol. The van der Waals surface area contributed by atoms with Crippen molar-refractivity contribution in [3.8, 4) is 5.75 Å². The van der Waals surface area contributed by atoms with Gasteiger partial charge in [-0.1, -0.05) is 24.3 Å². The first kappa shape index (κ1) is 17.5. The number of benzene rings is 2. The highest BCUT2D eigenvalue weighted by Gasteiger charge is 2.18. The number of anilines is 1. The Bertz CT molecular complexity index is 727. The van der Waals surface area contributed by atoms with Gasteiger partial charge in [-0.15, -0.1) is 0 Å². The van der Waals surface area contributed by atoms with E-state index in [9.17, 15) is 9.59 Å². The minimum Gasteiger partial charge on any atom is -0.481 e. The van der Waals surface area contributed by atoms with Crippen LogP contribution in [-0.4, -0.2) is 24.6 Å². The predicted octanol–water partition coefficient (Wildman–Crippen LogP) is 3.58. The van der Waals surface area contributed by atoms with E-state index in [0.717, 1.165) is 5.56 Å². The molecule has 0 unspecified atom stereocenters. The van der Waals surface area contributed by atoms with Gasteiger partial charge in [-0.25, -0.2) is 4.79 Å². The van der Waals surface area contributed by atoms with Gasteiger partial charge in [0.1, 0.15) is 5.75 Å². The van der Waals surface area contributed by atoms with Crippen molar-refractivity contribution in [3.63, 3.8) is 0 Å². The second kappa shape index (κ2) is 8.15. The van der Waals surface area contributed by atoms with Crippen LogP contribution in [0.2, 0.25) is 0 Å². The molecule has 0 heterocycles. The molecule has 0 fully saturated rings. The lowest BCUT2D eigenvalue weighted by Crippen LogP contribution is -2.30. The van der Waals surface area contributed by atoms with Gasteiger partial charge in [-0.2, -0.15) is 0 Å². The predicted molar refractivity (Wildman–Crippen MR) is 92.3 cm³/mol. The van der Waals surface area contributed by atoms with Crippen LogP contribution in [0, 0.1) is 6.92 Å². The van der Waals surface area contributed by atoms with E-state index in [4.69, 9.17) is 9.47 Å². The van der Waals surface area contributed by atoms with E-state index < -0.39 is 12.1 Å². The molecule has 0 aromatic heterocycles. The molecular weight excluding hydrogens is 306 g/mol. The maximum absolute atomic E-state index is 12.3. The Morgan fingerprint density at radius 3 is 2.58 bits per heavy atom. The maximum atomic E-state index is 12.3. The number of aryl methyl sites for hydroxylation is 1. The number of nitrogens with one attached hydrogen (secondary N) is 1. The van der Waals surface area contributed by atoms with Gasteiger partial charge in [0.2, 0.25) is 0 Å². The van der Waals surface area contributed by atoms with Gasteiger partial charge < -0.3 is 14.8 Å². The Balaban J connectivity index is 2.08. The second-order valence-electron chi connectivity index (χ2n) is 5.33. The van der Waals surface area contributed by atoms with E-state index in [1.807, 2.05) is 25.1 Å². The summed E-state index contributed by atoms with van der Waals surface area (Å²) in [5.41, 5.74) is 1.77. The Morgan fingerprint density at radius 2 is 1.88 bits per heavy atom. The molecule has 0 aliphatic carbocycles. The number of carbonyl (C=O) groups excluding carboxylic acids is 2. The van der Waals surface area contributed by atoms with Crippen LogP contribution in [-0.2, 0) is 9.53 Å². The SMILES string of the molecule is CCOC(=O)c1ccccc1NC(=O)[C@@H](C)Oc1cccc(C)c1. The maximum Gasteiger partial charge on any atom is 0.340 e. The molecule has 0 spiro atoms. The molecule has 1 amide bonds. The third-order valence-corrected chi connectivity index (χ3v) is 3.35. The molecule has 1 N–H and O–H groups in total. The van der Waals surface area contributed by atoms with Gasteiger partial charge >= 0.3 is 5.97 Å². The monoisotopic (exact) mass is 327 g/mol. The Morgan fingerprint density at radius 1 is 1.12 bits per heavy atom. The minimum atomic E-state index is -0.706. The largest absolute Gasteiger partial charge is 0.481 e. The van der Waals surface area contributed by atoms with Crippen molar-refractivity contribution in [3.05, 3.63) is 59.7 Å².